The third kappa shape index (κ3) is 4.79. The van der Waals surface area contributed by atoms with E-state index in [2.05, 4.69) is 4.98 Å². The number of imidazole rings is 1. The summed E-state index contributed by atoms with van der Waals surface area (Å²) in [6, 6.07) is 0. The first-order chi connectivity index (χ1) is 7.08. The Labute approximate surface area is 147 Å². The Kier molecular flexibility index (Phi) is 9.03. The predicted octanol–water partition coefficient (Wildman–Crippen LogP) is -1.88. The Morgan fingerprint density at radius 2 is 1.56 bits per heavy atom. The van der Waals surface area contributed by atoms with Crippen molar-refractivity contribution in [2.75, 3.05) is 0 Å². The van der Waals surface area contributed by atoms with E-state index in [0.717, 1.165) is 10.9 Å². The Morgan fingerprint density at radius 3 is 1.83 bits per heavy atom. The monoisotopic (exact) mass is 318 g/mol. The topological polar surface area (TPSA) is 153 Å². The molecular formula is C5H10N2Na2O7P2. The van der Waals surface area contributed by atoms with Crippen LogP contribution >= 0.6 is 15.2 Å². The molecule has 1 heterocycles. The van der Waals surface area contributed by atoms with Crippen LogP contribution in [0.5, 0.6) is 0 Å². The fourth-order valence-corrected chi connectivity index (χ4v) is 3.03. The number of aliphatic hydroxyl groups is 1. The molecule has 0 atom stereocenters. The van der Waals surface area contributed by atoms with E-state index in [4.69, 9.17) is 19.6 Å². The summed E-state index contributed by atoms with van der Waals surface area (Å²) < 4.78 is 22.8. The molecule has 0 spiro atoms. The fourth-order valence-electron chi connectivity index (χ4n) is 0.979. The molecule has 0 fully saturated rings. The molecule has 13 heteroatoms. The van der Waals surface area contributed by atoms with Crippen molar-refractivity contribution in [3.63, 3.8) is 0 Å². The third-order valence-electron chi connectivity index (χ3n) is 1.89. The quantitative estimate of drug-likeness (QED) is 0.319. The van der Waals surface area contributed by atoms with E-state index in [9.17, 15) is 14.2 Å². The maximum atomic E-state index is 10.9. The molecule has 2 radical (unpaired) electrons. The van der Waals surface area contributed by atoms with Gasteiger partial charge in [-0.3, -0.25) is 9.13 Å². The van der Waals surface area contributed by atoms with Gasteiger partial charge in [0.15, 0.2) is 0 Å². The summed E-state index contributed by atoms with van der Waals surface area (Å²) in [6.07, 6.45) is 3.51. The third-order valence-corrected chi connectivity index (χ3v) is 5.60. The van der Waals surface area contributed by atoms with Crippen molar-refractivity contribution in [2.45, 2.75) is 11.6 Å². The first-order valence-electron chi connectivity index (χ1n) is 3.87. The van der Waals surface area contributed by atoms with Gasteiger partial charge in [-0.05, 0) is 0 Å². The minimum Gasteiger partial charge on any atom is -0.366 e. The van der Waals surface area contributed by atoms with Gasteiger partial charge in [-0.15, -0.1) is 0 Å². The molecule has 0 saturated heterocycles. The summed E-state index contributed by atoms with van der Waals surface area (Å²) in [5, 5.41) is 6.04. The zero-order chi connectivity index (χ0) is 12.6. The van der Waals surface area contributed by atoms with Crippen LogP contribution in [0.15, 0.2) is 18.7 Å². The summed E-state index contributed by atoms with van der Waals surface area (Å²) in [5.74, 6) is 0. The minimum absolute atomic E-state index is 0. The van der Waals surface area contributed by atoms with Crippen molar-refractivity contribution in [3.8, 4) is 0 Å². The number of aromatic nitrogens is 2. The Bertz CT molecular complexity index is 432. The molecule has 1 aromatic rings. The smallest absolute Gasteiger partial charge is 0.366 e. The van der Waals surface area contributed by atoms with Crippen molar-refractivity contribution in [1.29, 1.82) is 0 Å². The normalized spacial score (nSPS) is 12.5. The molecule has 5 N–H and O–H groups in total. The second-order valence-corrected chi connectivity index (χ2v) is 7.11. The van der Waals surface area contributed by atoms with E-state index in [1.165, 1.54) is 12.4 Å². The molecule has 0 saturated carbocycles. The second-order valence-electron chi connectivity index (χ2n) is 3.10. The summed E-state index contributed by atoms with van der Waals surface area (Å²) in [5.41, 5.74) is 0. The first kappa shape index (κ1) is 21.8. The number of hydrogen-bond acceptors (Lipinski definition) is 4. The molecule has 0 unspecified atom stereocenters. The van der Waals surface area contributed by atoms with E-state index in [1.807, 2.05) is 0 Å². The number of rotatable bonds is 4. The molecule has 0 amide bonds. The van der Waals surface area contributed by atoms with Crippen LogP contribution < -0.4 is 0 Å². The Hall–Kier alpha value is 1.47. The van der Waals surface area contributed by atoms with Gasteiger partial charge >= 0.3 is 15.2 Å². The minimum atomic E-state index is -5.41. The first-order valence-corrected chi connectivity index (χ1v) is 7.10. The van der Waals surface area contributed by atoms with Crippen LogP contribution in [0.3, 0.4) is 0 Å². The standard InChI is InChI=1S/C5H10N2O7P2.2Na/c8-5(15(9,10)11,16(12,13)14)3-7-2-1-6-4-7;;/h1-2,4,8H,3H2,(H2,9,10,11)(H2,12,13,14);;. The van der Waals surface area contributed by atoms with Crippen LogP contribution in [0.1, 0.15) is 0 Å². The largest absolute Gasteiger partial charge is 0.371 e. The van der Waals surface area contributed by atoms with Crippen LogP contribution in [0.2, 0.25) is 0 Å². The molecule has 18 heavy (non-hydrogen) atoms. The van der Waals surface area contributed by atoms with Gasteiger partial charge in [0.1, 0.15) is 0 Å². The van der Waals surface area contributed by atoms with Gasteiger partial charge in [0, 0.05) is 71.5 Å². The van der Waals surface area contributed by atoms with Gasteiger partial charge in [0.05, 0.1) is 12.9 Å². The van der Waals surface area contributed by atoms with E-state index in [1.54, 1.807) is 0 Å². The fraction of sp³-hybridized carbons (Fsp3) is 0.400. The summed E-state index contributed by atoms with van der Waals surface area (Å²) in [4.78, 5) is 38.7. The van der Waals surface area contributed by atoms with E-state index in [0.29, 0.717) is 0 Å². The van der Waals surface area contributed by atoms with E-state index in [-0.39, 0.29) is 59.1 Å². The van der Waals surface area contributed by atoms with Crippen molar-refractivity contribution >= 4 is 74.3 Å². The molecule has 0 aliphatic heterocycles. The number of hydrogen-bond donors (Lipinski definition) is 5. The Morgan fingerprint density at radius 1 is 1.11 bits per heavy atom. The van der Waals surface area contributed by atoms with Gasteiger partial charge in [-0.1, -0.05) is 0 Å². The molecule has 1 aromatic heterocycles. The number of nitrogens with zero attached hydrogens (tertiary/aromatic N) is 2. The molecule has 1 rings (SSSR count). The van der Waals surface area contributed by atoms with Gasteiger partial charge in [0.25, 0.3) is 5.08 Å². The summed E-state index contributed by atoms with van der Waals surface area (Å²) in [6.45, 7) is -0.957. The SMILES string of the molecule is O=P(O)(O)C(O)(Cn1ccnc1)P(=O)(O)O.[Na].[Na]. The molecule has 94 valence electrons. The van der Waals surface area contributed by atoms with Crippen LogP contribution in [0.25, 0.3) is 0 Å². The Balaban J connectivity index is 0. The van der Waals surface area contributed by atoms with Gasteiger partial charge in [0.2, 0.25) is 0 Å². The van der Waals surface area contributed by atoms with Crippen LogP contribution in [-0.4, -0.2) is 98.4 Å². The van der Waals surface area contributed by atoms with E-state index >= 15 is 0 Å². The summed E-state index contributed by atoms with van der Waals surface area (Å²) >= 11 is 0. The van der Waals surface area contributed by atoms with Crippen LogP contribution in [0.4, 0.5) is 0 Å². The van der Waals surface area contributed by atoms with E-state index < -0.39 is 26.8 Å². The van der Waals surface area contributed by atoms with Gasteiger partial charge in [-0.2, -0.15) is 0 Å². The zero-order valence-electron chi connectivity index (χ0n) is 9.78. The summed E-state index contributed by atoms with van der Waals surface area (Å²) in [7, 11) is -10.8. The van der Waals surface area contributed by atoms with Crippen molar-refractivity contribution in [1.82, 2.24) is 9.55 Å². The van der Waals surface area contributed by atoms with Gasteiger partial charge in [-0.25, -0.2) is 4.98 Å². The maximum absolute atomic E-state index is 10.9. The molecule has 0 bridgehead atoms. The average molecular weight is 318 g/mol. The molecule has 0 aromatic carbocycles. The average Bonchev–Trinajstić information content (AvgIpc) is 2.52. The molecule has 0 aliphatic rings. The van der Waals surface area contributed by atoms with Crippen molar-refractivity contribution < 1.29 is 33.8 Å². The van der Waals surface area contributed by atoms with Crippen molar-refractivity contribution in [3.05, 3.63) is 18.7 Å². The van der Waals surface area contributed by atoms with Crippen molar-refractivity contribution in [2.24, 2.45) is 0 Å². The van der Waals surface area contributed by atoms with Crippen LogP contribution in [-0.2, 0) is 15.7 Å². The molecular weight excluding hydrogens is 308 g/mol. The zero-order valence-corrected chi connectivity index (χ0v) is 15.6. The molecule has 9 nitrogen and oxygen atoms in total. The second kappa shape index (κ2) is 7.47. The van der Waals surface area contributed by atoms with Gasteiger partial charge < -0.3 is 29.2 Å². The molecule has 0 aliphatic carbocycles. The van der Waals surface area contributed by atoms with Crippen LogP contribution in [0, 0.1) is 0 Å². The predicted molar refractivity (Wildman–Crippen MR) is 62.8 cm³/mol. The maximum Gasteiger partial charge on any atom is 0.371 e.